The van der Waals surface area contributed by atoms with Gasteiger partial charge in [0.15, 0.2) is 6.61 Å². The van der Waals surface area contributed by atoms with Crippen LogP contribution in [0.2, 0.25) is 0 Å². The number of allylic oxidation sites excluding steroid dienone is 3. The maximum atomic E-state index is 12.2. The Morgan fingerprint density at radius 2 is 1.96 bits per heavy atom. The molecule has 1 aliphatic heterocycles. The molecule has 2 aliphatic rings. The molecular weight excluding hydrogens is 356 g/mol. The van der Waals surface area contributed by atoms with Gasteiger partial charge in [-0.15, -0.1) is 0 Å². The second-order valence-electron chi connectivity index (χ2n) is 7.67. The predicted octanol–water partition coefficient (Wildman–Crippen LogP) is 3.21. The standard InChI is InChI=1S/C22H24N2O4/c1-22(2,3)18-12-20(25)24-19-10-14(8-9-17(18)19)23-21(26)13-28-16-7-5-6-15(11-16)27-4/h5-12,17H,13H2,1-4H3,(H,24,25). The highest BCUT2D eigenvalue weighted by Crippen LogP contribution is 2.38. The first kappa shape index (κ1) is 19.6. The minimum atomic E-state index is -0.411. The van der Waals surface area contributed by atoms with Crippen LogP contribution in [0.1, 0.15) is 20.8 Å². The van der Waals surface area contributed by atoms with Crippen molar-refractivity contribution in [3.8, 4) is 11.5 Å². The van der Waals surface area contributed by atoms with E-state index in [0.29, 0.717) is 17.2 Å². The van der Waals surface area contributed by atoms with Crippen molar-refractivity contribution in [1.82, 2.24) is 5.32 Å². The smallest absolute Gasteiger partial charge is 0.284 e. The number of hydrogen-bond donors (Lipinski definition) is 1. The summed E-state index contributed by atoms with van der Waals surface area (Å²) in [5, 5.41) is 2.85. The van der Waals surface area contributed by atoms with Crippen LogP contribution in [0.4, 0.5) is 0 Å². The molecule has 1 aliphatic carbocycles. The summed E-state index contributed by atoms with van der Waals surface area (Å²) in [7, 11) is 1.57. The molecule has 6 nitrogen and oxygen atoms in total. The molecule has 3 rings (SSSR count). The normalized spacial score (nSPS) is 20.1. The third kappa shape index (κ3) is 4.57. The molecule has 28 heavy (non-hydrogen) atoms. The van der Waals surface area contributed by atoms with Crippen molar-refractivity contribution in [3.05, 3.63) is 59.8 Å². The average Bonchev–Trinajstić information content (AvgIpc) is 2.65. The van der Waals surface area contributed by atoms with Crippen LogP contribution in [-0.2, 0) is 9.59 Å². The summed E-state index contributed by atoms with van der Waals surface area (Å²) in [5.41, 5.74) is 2.12. The minimum absolute atomic E-state index is 0.0141. The molecule has 0 saturated heterocycles. The van der Waals surface area contributed by atoms with Gasteiger partial charge in [-0.1, -0.05) is 32.9 Å². The summed E-state index contributed by atoms with van der Waals surface area (Å²) in [6, 6.07) is 7.02. The van der Waals surface area contributed by atoms with E-state index in [4.69, 9.17) is 9.47 Å². The maximum absolute atomic E-state index is 12.2. The van der Waals surface area contributed by atoms with Gasteiger partial charge in [-0.05, 0) is 35.3 Å². The lowest BCUT2D eigenvalue weighted by atomic mass is 9.74. The Morgan fingerprint density at radius 1 is 1.21 bits per heavy atom. The second kappa shape index (κ2) is 7.84. The topological polar surface area (TPSA) is 77.0 Å². The number of benzene rings is 1. The summed E-state index contributed by atoms with van der Waals surface area (Å²) in [6.45, 7) is 6.04. The van der Waals surface area contributed by atoms with Crippen molar-refractivity contribution >= 4 is 17.5 Å². The Labute approximate surface area is 164 Å². The van der Waals surface area contributed by atoms with Crippen LogP contribution < -0.4 is 14.8 Å². The summed E-state index contributed by atoms with van der Waals surface area (Å²) < 4.78 is 10.6. The number of aliphatic imine (C=N–C) groups is 1. The minimum Gasteiger partial charge on any atom is -0.497 e. The van der Waals surface area contributed by atoms with Crippen LogP contribution in [0, 0.1) is 11.3 Å². The number of nitrogens with one attached hydrogen (secondary N) is 1. The quantitative estimate of drug-likeness (QED) is 0.870. The number of amides is 2. The van der Waals surface area contributed by atoms with Gasteiger partial charge in [-0.3, -0.25) is 9.59 Å². The number of methoxy groups -OCH3 is 1. The lowest BCUT2D eigenvalue weighted by Gasteiger charge is -2.34. The first-order valence-electron chi connectivity index (χ1n) is 9.07. The third-order valence-electron chi connectivity index (χ3n) is 4.51. The number of carbonyl (C=O) groups excluding carboxylic acids is 2. The summed E-state index contributed by atoms with van der Waals surface area (Å²) in [5.74, 6) is 0.601. The highest BCUT2D eigenvalue weighted by Gasteiger charge is 2.32. The first-order chi connectivity index (χ1) is 13.3. The lowest BCUT2D eigenvalue weighted by Crippen LogP contribution is -2.36. The van der Waals surface area contributed by atoms with Gasteiger partial charge in [0.05, 0.1) is 12.8 Å². The highest BCUT2D eigenvalue weighted by atomic mass is 16.5. The van der Waals surface area contributed by atoms with Gasteiger partial charge in [0, 0.05) is 23.8 Å². The van der Waals surface area contributed by atoms with E-state index in [9.17, 15) is 9.59 Å². The molecule has 146 valence electrons. The predicted molar refractivity (Wildman–Crippen MR) is 107 cm³/mol. The molecule has 1 heterocycles. The maximum Gasteiger partial charge on any atom is 0.284 e. The van der Waals surface area contributed by atoms with Crippen LogP contribution in [0.3, 0.4) is 0 Å². The van der Waals surface area contributed by atoms with E-state index in [1.54, 1.807) is 49.6 Å². The van der Waals surface area contributed by atoms with E-state index in [1.807, 2.05) is 6.08 Å². The Bertz CT molecular complexity index is 917. The van der Waals surface area contributed by atoms with Crippen LogP contribution in [0.5, 0.6) is 11.5 Å². The van der Waals surface area contributed by atoms with E-state index in [-0.39, 0.29) is 23.8 Å². The van der Waals surface area contributed by atoms with Crippen molar-refractivity contribution < 1.29 is 19.1 Å². The number of ether oxygens (including phenoxy) is 2. The zero-order valence-corrected chi connectivity index (χ0v) is 16.5. The van der Waals surface area contributed by atoms with Crippen LogP contribution in [0.15, 0.2) is 64.8 Å². The molecule has 1 atom stereocenters. The Morgan fingerprint density at radius 3 is 2.68 bits per heavy atom. The van der Waals surface area contributed by atoms with Crippen molar-refractivity contribution in [3.63, 3.8) is 0 Å². The van der Waals surface area contributed by atoms with Gasteiger partial charge >= 0.3 is 0 Å². The fourth-order valence-electron chi connectivity index (χ4n) is 3.15. The van der Waals surface area contributed by atoms with E-state index in [1.165, 1.54) is 0 Å². The zero-order chi connectivity index (χ0) is 20.3. The average molecular weight is 380 g/mol. The molecule has 6 heteroatoms. The second-order valence-corrected chi connectivity index (χ2v) is 7.67. The van der Waals surface area contributed by atoms with Crippen molar-refractivity contribution in [2.75, 3.05) is 13.7 Å². The molecule has 0 radical (unpaired) electrons. The fraction of sp³-hybridized carbons (Fsp3) is 0.318. The Balaban J connectivity index is 1.70. The molecule has 0 bridgehead atoms. The number of nitrogens with zero attached hydrogens (tertiary/aromatic N) is 1. The van der Waals surface area contributed by atoms with Gasteiger partial charge < -0.3 is 14.8 Å². The monoisotopic (exact) mass is 380 g/mol. The molecule has 1 aromatic carbocycles. The van der Waals surface area contributed by atoms with Gasteiger partial charge in [-0.2, -0.15) is 0 Å². The SMILES string of the molecule is COc1cccc(OCC(=O)N=C2C=CC3C(=C2)NC(=O)C=C3C(C)(C)C)c1. The number of rotatable bonds is 4. The lowest BCUT2D eigenvalue weighted by molar-refractivity contribution is -0.119. The molecule has 1 N–H and O–H groups in total. The van der Waals surface area contributed by atoms with Crippen LogP contribution in [-0.4, -0.2) is 31.2 Å². The van der Waals surface area contributed by atoms with E-state index < -0.39 is 5.91 Å². The van der Waals surface area contributed by atoms with Gasteiger partial charge in [0.25, 0.3) is 5.91 Å². The molecule has 0 spiro atoms. The van der Waals surface area contributed by atoms with Gasteiger partial charge in [0.1, 0.15) is 11.5 Å². The van der Waals surface area contributed by atoms with E-state index in [2.05, 4.69) is 31.1 Å². The van der Waals surface area contributed by atoms with Crippen molar-refractivity contribution in [1.29, 1.82) is 0 Å². The molecule has 0 aromatic heterocycles. The molecule has 2 amide bonds. The molecule has 0 fully saturated rings. The number of carbonyl (C=O) groups is 2. The van der Waals surface area contributed by atoms with Gasteiger partial charge in [-0.25, -0.2) is 4.99 Å². The third-order valence-corrected chi connectivity index (χ3v) is 4.51. The number of hydrogen-bond acceptors (Lipinski definition) is 4. The molecule has 1 unspecified atom stereocenters. The Hall–Kier alpha value is -3.15. The molecule has 1 aromatic rings. The summed E-state index contributed by atoms with van der Waals surface area (Å²) in [4.78, 5) is 28.3. The van der Waals surface area contributed by atoms with E-state index in [0.717, 1.165) is 11.3 Å². The summed E-state index contributed by atoms with van der Waals surface area (Å²) in [6.07, 6.45) is 7.15. The zero-order valence-electron chi connectivity index (χ0n) is 16.5. The van der Waals surface area contributed by atoms with Crippen LogP contribution >= 0.6 is 0 Å². The molecular formula is C22H24N2O4. The van der Waals surface area contributed by atoms with E-state index >= 15 is 0 Å². The number of fused-ring (bicyclic) bond motifs is 1. The van der Waals surface area contributed by atoms with Crippen molar-refractivity contribution in [2.45, 2.75) is 20.8 Å². The largest absolute Gasteiger partial charge is 0.497 e. The Kier molecular flexibility index (Phi) is 5.49. The first-order valence-corrected chi connectivity index (χ1v) is 9.07. The summed E-state index contributed by atoms with van der Waals surface area (Å²) >= 11 is 0. The van der Waals surface area contributed by atoms with Gasteiger partial charge in [0.2, 0.25) is 5.91 Å². The molecule has 0 saturated carbocycles. The van der Waals surface area contributed by atoms with Crippen molar-refractivity contribution in [2.24, 2.45) is 16.3 Å². The fourth-order valence-corrected chi connectivity index (χ4v) is 3.15. The highest BCUT2D eigenvalue weighted by molar-refractivity contribution is 6.11. The van der Waals surface area contributed by atoms with Crippen LogP contribution in [0.25, 0.3) is 0 Å².